The first-order valence-electron chi connectivity index (χ1n) is 8.82. The van der Waals surface area contributed by atoms with Crippen molar-refractivity contribution in [3.05, 3.63) is 59.4 Å². The molecule has 0 amide bonds. The summed E-state index contributed by atoms with van der Waals surface area (Å²) in [5.74, 6) is -0.588. The minimum absolute atomic E-state index is 0.239. The van der Waals surface area contributed by atoms with Crippen LogP contribution in [0.3, 0.4) is 0 Å². The van der Waals surface area contributed by atoms with Gasteiger partial charge in [0.1, 0.15) is 17.5 Å². The van der Waals surface area contributed by atoms with Gasteiger partial charge in [0.2, 0.25) is 0 Å². The molecule has 0 aromatic heterocycles. The zero-order valence-electron chi connectivity index (χ0n) is 14.0. The number of hydrogen-bond acceptors (Lipinski definition) is 0. The first kappa shape index (κ1) is 17.1. The van der Waals surface area contributed by atoms with E-state index in [9.17, 15) is 13.2 Å². The van der Waals surface area contributed by atoms with E-state index in [-0.39, 0.29) is 11.1 Å². The molecular formula is C21H23F3. The Balaban J connectivity index is 1.78. The van der Waals surface area contributed by atoms with Crippen molar-refractivity contribution in [1.29, 1.82) is 0 Å². The molecule has 2 aromatic carbocycles. The molecular weight excluding hydrogens is 309 g/mol. The van der Waals surface area contributed by atoms with Gasteiger partial charge in [0.15, 0.2) is 0 Å². The summed E-state index contributed by atoms with van der Waals surface area (Å²) in [7, 11) is 0. The first-order chi connectivity index (χ1) is 11.6. The Kier molecular flexibility index (Phi) is 5.27. The fourth-order valence-electron chi connectivity index (χ4n) is 3.92. The zero-order chi connectivity index (χ0) is 17.1. The van der Waals surface area contributed by atoms with E-state index in [1.807, 2.05) is 6.07 Å². The molecule has 0 heterocycles. The molecule has 1 saturated carbocycles. The number of halogens is 3. The summed E-state index contributed by atoms with van der Waals surface area (Å²) in [6.07, 6.45) is 7.11. The summed E-state index contributed by atoms with van der Waals surface area (Å²) in [5, 5.41) is 0. The van der Waals surface area contributed by atoms with Gasteiger partial charge in [-0.3, -0.25) is 0 Å². The van der Waals surface area contributed by atoms with Crippen molar-refractivity contribution in [3.63, 3.8) is 0 Å². The monoisotopic (exact) mass is 332 g/mol. The normalized spacial score (nSPS) is 21.0. The van der Waals surface area contributed by atoms with Crippen molar-refractivity contribution < 1.29 is 13.2 Å². The second-order valence-corrected chi connectivity index (χ2v) is 6.90. The minimum atomic E-state index is -0.692. The van der Waals surface area contributed by atoms with Gasteiger partial charge in [-0.2, -0.15) is 0 Å². The van der Waals surface area contributed by atoms with Crippen LogP contribution in [0.15, 0.2) is 36.4 Å². The van der Waals surface area contributed by atoms with E-state index in [1.165, 1.54) is 25.7 Å². The van der Waals surface area contributed by atoms with Crippen molar-refractivity contribution in [2.24, 2.45) is 5.92 Å². The molecule has 1 aliphatic rings. The van der Waals surface area contributed by atoms with Gasteiger partial charge in [-0.15, -0.1) is 0 Å². The van der Waals surface area contributed by atoms with Crippen molar-refractivity contribution in [2.75, 3.05) is 0 Å². The van der Waals surface area contributed by atoms with Crippen molar-refractivity contribution in [2.45, 2.75) is 51.4 Å². The van der Waals surface area contributed by atoms with Crippen molar-refractivity contribution in [1.82, 2.24) is 0 Å². The van der Waals surface area contributed by atoms with E-state index in [4.69, 9.17) is 0 Å². The van der Waals surface area contributed by atoms with Crippen LogP contribution in [0.4, 0.5) is 13.2 Å². The highest BCUT2D eigenvalue weighted by Crippen LogP contribution is 2.38. The second kappa shape index (κ2) is 7.42. The van der Waals surface area contributed by atoms with E-state index < -0.39 is 17.5 Å². The molecule has 1 aliphatic carbocycles. The van der Waals surface area contributed by atoms with Gasteiger partial charge in [-0.05, 0) is 66.8 Å². The van der Waals surface area contributed by atoms with E-state index >= 15 is 0 Å². The summed E-state index contributed by atoms with van der Waals surface area (Å²) in [6.45, 7) is 2.22. The predicted molar refractivity (Wildman–Crippen MR) is 91.4 cm³/mol. The molecule has 0 saturated heterocycles. The fraction of sp³-hybridized carbons (Fsp3) is 0.429. The number of hydrogen-bond donors (Lipinski definition) is 0. The van der Waals surface area contributed by atoms with E-state index in [1.54, 1.807) is 12.1 Å². The molecule has 0 atom stereocenters. The SMILES string of the molecule is CCC[C@H]1CC[C@H](c2ccc(-c3cc(F)cc(F)c3)c(F)c2)CC1. The predicted octanol–water partition coefficient (Wildman–Crippen LogP) is 6.84. The van der Waals surface area contributed by atoms with Crippen molar-refractivity contribution >= 4 is 0 Å². The van der Waals surface area contributed by atoms with Gasteiger partial charge >= 0.3 is 0 Å². The van der Waals surface area contributed by atoms with Crippen LogP contribution in [0.2, 0.25) is 0 Å². The lowest BCUT2D eigenvalue weighted by Gasteiger charge is -2.28. The highest BCUT2D eigenvalue weighted by atomic mass is 19.1. The summed E-state index contributed by atoms with van der Waals surface area (Å²) < 4.78 is 41.2. The first-order valence-corrected chi connectivity index (χ1v) is 8.82. The molecule has 1 fully saturated rings. The van der Waals surface area contributed by atoms with Gasteiger partial charge in [0, 0.05) is 11.6 Å². The highest BCUT2D eigenvalue weighted by molar-refractivity contribution is 5.64. The standard InChI is InChI=1S/C21H23F3/c1-2-3-14-4-6-15(7-5-14)16-8-9-20(21(24)12-16)17-10-18(22)13-19(23)11-17/h8-15H,2-7H2,1H3/t14-,15-. The average molecular weight is 332 g/mol. The molecule has 3 heteroatoms. The molecule has 0 nitrogen and oxygen atoms in total. The van der Waals surface area contributed by atoms with Crippen LogP contribution in [0.1, 0.15) is 56.9 Å². The van der Waals surface area contributed by atoms with Gasteiger partial charge < -0.3 is 0 Å². The Bertz CT molecular complexity index is 680. The van der Waals surface area contributed by atoms with Gasteiger partial charge in [0.25, 0.3) is 0 Å². The summed E-state index contributed by atoms with van der Waals surface area (Å²) >= 11 is 0. The Hall–Kier alpha value is -1.77. The van der Waals surface area contributed by atoms with Gasteiger partial charge in [-0.25, -0.2) is 13.2 Å². The molecule has 0 unspecified atom stereocenters. The molecule has 3 rings (SSSR count). The molecule has 0 spiro atoms. The van der Waals surface area contributed by atoms with Crippen LogP contribution >= 0.6 is 0 Å². The second-order valence-electron chi connectivity index (χ2n) is 6.90. The van der Waals surface area contributed by atoms with Crippen LogP contribution in [0, 0.1) is 23.4 Å². The summed E-state index contributed by atoms with van der Waals surface area (Å²) in [4.78, 5) is 0. The summed E-state index contributed by atoms with van der Waals surface area (Å²) in [5.41, 5.74) is 1.49. The Labute approximate surface area is 141 Å². The molecule has 0 radical (unpaired) electrons. The molecule has 0 bridgehead atoms. The third-order valence-corrected chi connectivity index (χ3v) is 5.18. The van der Waals surface area contributed by atoms with Crippen LogP contribution in [0.5, 0.6) is 0 Å². The van der Waals surface area contributed by atoms with Crippen LogP contribution in [-0.4, -0.2) is 0 Å². The molecule has 24 heavy (non-hydrogen) atoms. The maximum atomic E-state index is 14.5. The Morgan fingerprint density at radius 1 is 0.875 bits per heavy atom. The zero-order valence-corrected chi connectivity index (χ0v) is 14.0. The lowest BCUT2D eigenvalue weighted by atomic mass is 9.77. The average Bonchev–Trinajstić information content (AvgIpc) is 2.55. The fourth-order valence-corrected chi connectivity index (χ4v) is 3.92. The molecule has 128 valence electrons. The third-order valence-electron chi connectivity index (χ3n) is 5.18. The minimum Gasteiger partial charge on any atom is -0.207 e. The molecule has 2 aromatic rings. The molecule has 0 N–H and O–H groups in total. The van der Waals surface area contributed by atoms with Gasteiger partial charge in [0.05, 0.1) is 0 Å². The Morgan fingerprint density at radius 3 is 2.12 bits per heavy atom. The lowest BCUT2D eigenvalue weighted by molar-refractivity contribution is 0.308. The van der Waals surface area contributed by atoms with E-state index in [0.29, 0.717) is 5.92 Å². The molecule has 0 aliphatic heterocycles. The van der Waals surface area contributed by atoms with E-state index in [0.717, 1.165) is 42.5 Å². The quantitative estimate of drug-likeness (QED) is 0.574. The van der Waals surface area contributed by atoms with E-state index in [2.05, 4.69) is 6.92 Å². The maximum Gasteiger partial charge on any atom is 0.131 e. The summed E-state index contributed by atoms with van der Waals surface area (Å²) in [6, 6.07) is 8.23. The maximum absolute atomic E-state index is 14.5. The van der Waals surface area contributed by atoms with Crippen LogP contribution < -0.4 is 0 Å². The largest absolute Gasteiger partial charge is 0.207 e. The van der Waals surface area contributed by atoms with Crippen molar-refractivity contribution in [3.8, 4) is 11.1 Å². The van der Waals surface area contributed by atoms with Gasteiger partial charge in [-0.1, -0.05) is 31.9 Å². The topological polar surface area (TPSA) is 0 Å². The lowest BCUT2D eigenvalue weighted by Crippen LogP contribution is -2.13. The smallest absolute Gasteiger partial charge is 0.131 e. The van der Waals surface area contributed by atoms with Crippen LogP contribution in [0.25, 0.3) is 11.1 Å². The van der Waals surface area contributed by atoms with Crippen LogP contribution in [-0.2, 0) is 0 Å². The highest BCUT2D eigenvalue weighted by Gasteiger charge is 2.22. The Morgan fingerprint density at radius 2 is 1.54 bits per heavy atom. The number of rotatable bonds is 4. The number of benzene rings is 2. The third kappa shape index (κ3) is 3.82.